The molecule has 1 aromatic rings. The molecule has 4 nitrogen and oxygen atoms in total. The molecule has 2 aliphatic carbocycles. The molecule has 1 aromatic carbocycles. The Morgan fingerprint density at radius 1 is 1.16 bits per heavy atom. The van der Waals surface area contributed by atoms with Crippen LogP contribution in [0.4, 0.5) is 0 Å². The van der Waals surface area contributed by atoms with Crippen LogP contribution in [0.2, 0.25) is 0 Å². The largest absolute Gasteiger partial charge is 0.352 e. The first-order chi connectivity index (χ1) is 15.2. The number of fused-ring (bicyclic) bond motifs is 1. The van der Waals surface area contributed by atoms with Gasteiger partial charge in [-0.2, -0.15) is 0 Å². The predicted molar refractivity (Wildman–Crippen MR) is 128 cm³/mol. The molecular formula is C28H39NO3. The summed E-state index contributed by atoms with van der Waals surface area (Å²) in [7, 11) is 0. The highest BCUT2D eigenvalue weighted by Gasteiger charge is 2.54. The molecule has 174 valence electrons. The van der Waals surface area contributed by atoms with Crippen LogP contribution in [-0.2, 0) is 20.9 Å². The Bertz CT molecular complexity index is 859. The highest BCUT2D eigenvalue weighted by Crippen LogP contribution is 2.61. The smallest absolute Gasteiger partial charge is 0.220 e. The third-order valence-corrected chi connectivity index (χ3v) is 8.24. The Balaban J connectivity index is 1.75. The maximum Gasteiger partial charge on any atom is 0.220 e. The lowest BCUT2D eigenvalue weighted by Crippen LogP contribution is -2.51. The average molecular weight is 438 g/mol. The van der Waals surface area contributed by atoms with Crippen molar-refractivity contribution in [3.63, 3.8) is 0 Å². The fourth-order valence-corrected chi connectivity index (χ4v) is 6.40. The van der Waals surface area contributed by atoms with E-state index < -0.39 is 0 Å². The third kappa shape index (κ3) is 5.22. The van der Waals surface area contributed by atoms with Gasteiger partial charge in [-0.15, -0.1) is 0 Å². The maximum absolute atomic E-state index is 12.9. The normalized spacial score (nSPS) is 29.7. The summed E-state index contributed by atoms with van der Waals surface area (Å²) in [6, 6.07) is 9.99. The second kappa shape index (κ2) is 10.1. The van der Waals surface area contributed by atoms with Crippen molar-refractivity contribution in [3.05, 3.63) is 47.5 Å². The van der Waals surface area contributed by atoms with Gasteiger partial charge in [0.15, 0.2) is 0 Å². The van der Waals surface area contributed by atoms with Crippen molar-refractivity contribution in [2.45, 2.75) is 79.2 Å². The Hall–Kier alpha value is -2.23. The number of allylic oxidation sites excluding steroid dienone is 2. The number of benzene rings is 1. The van der Waals surface area contributed by atoms with Gasteiger partial charge in [0.25, 0.3) is 0 Å². The molecule has 0 heterocycles. The van der Waals surface area contributed by atoms with Crippen LogP contribution in [0.15, 0.2) is 42.0 Å². The summed E-state index contributed by atoms with van der Waals surface area (Å²) in [5.41, 5.74) is 1.79. The van der Waals surface area contributed by atoms with Crippen molar-refractivity contribution in [2.75, 3.05) is 0 Å². The number of rotatable bonds is 9. The monoisotopic (exact) mass is 437 g/mol. The summed E-state index contributed by atoms with van der Waals surface area (Å²) in [4.78, 5) is 37.2. The number of carbonyl (C=O) groups excluding carboxylic acids is 3. The number of ketones is 1. The number of hydrogen-bond acceptors (Lipinski definition) is 3. The molecule has 0 aliphatic heterocycles. The van der Waals surface area contributed by atoms with Gasteiger partial charge < -0.3 is 5.32 Å². The van der Waals surface area contributed by atoms with Crippen molar-refractivity contribution in [1.29, 1.82) is 0 Å². The lowest BCUT2D eigenvalue weighted by molar-refractivity contribution is -0.129. The molecule has 1 saturated carbocycles. The van der Waals surface area contributed by atoms with Gasteiger partial charge in [-0.3, -0.25) is 14.4 Å². The molecule has 0 saturated heterocycles. The van der Waals surface area contributed by atoms with Crippen molar-refractivity contribution < 1.29 is 14.4 Å². The Kier molecular flexibility index (Phi) is 7.74. The van der Waals surface area contributed by atoms with Crippen molar-refractivity contribution in [1.82, 2.24) is 5.32 Å². The fourth-order valence-electron chi connectivity index (χ4n) is 6.40. The van der Waals surface area contributed by atoms with E-state index in [1.807, 2.05) is 44.2 Å². The van der Waals surface area contributed by atoms with Crippen LogP contribution in [-0.4, -0.2) is 18.0 Å². The molecule has 3 rings (SSSR count). The van der Waals surface area contributed by atoms with Gasteiger partial charge >= 0.3 is 0 Å². The minimum Gasteiger partial charge on any atom is -0.352 e. The van der Waals surface area contributed by atoms with Gasteiger partial charge in [-0.1, -0.05) is 70.5 Å². The summed E-state index contributed by atoms with van der Waals surface area (Å²) in [6.45, 7) is 8.99. The van der Waals surface area contributed by atoms with E-state index >= 15 is 0 Å². The van der Waals surface area contributed by atoms with E-state index in [4.69, 9.17) is 0 Å². The molecule has 2 aliphatic rings. The highest BCUT2D eigenvalue weighted by atomic mass is 16.1. The van der Waals surface area contributed by atoms with Gasteiger partial charge in [-0.05, 0) is 59.5 Å². The minimum absolute atomic E-state index is 0.0239. The topological polar surface area (TPSA) is 63.2 Å². The van der Waals surface area contributed by atoms with E-state index in [1.54, 1.807) is 0 Å². The Morgan fingerprint density at radius 3 is 2.53 bits per heavy atom. The van der Waals surface area contributed by atoms with Crippen LogP contribution >= 0.6 is 0 Å². The van der Waals surface area contributed by atoms with Crippen LogP contribution < -0.4 is 5.32 Å². The molecule has 0 spiro atoms. The third-order valence-electron chi connectivity index (χ3n) is 8.24. The first-order valence-corrected chi connectivity index (χ1v) is 12.2. The van der Waals surface area contributed by atoms with Crippen LogP contribution in [0.1, 0.15) is 78.2 Å². The van der Waals surface area contributed by atoms with Crippen molar-refractivity contribution in [3.8, 4) is 0 Å². The van der Waals surface area contributed by atoms with Crippen LogP contribution in [0, 0.1) is 28.6 Å². The predicted octanol–water partition coefficient (Wildman–Crippen LogP) is 5.66. The molecule has 0 radical (unpaired) electrons. The second-order valence-corrected chi connectivity index (χ2v) is 10.8. The molecule has 1 N–H and O–H groups in total. The average Bonchev–Trinajstić information content (AvgIpc) is 2.76. The molecule has 1 amide bonds. The van der Waals surface area contributed by atoms with Crippen LogP contribution in [0.5, 0.6) is 0 Å². The van der Waals surface area contributed by atoms with E-state index in [2.05, 4.69) is 25.2 Å². The van der Waals surface area contributed by atoms with Gasteiger partial charge in [0.1, 0.15) is 12.1 Å². The van der Waals surface area contributed by atoms with Crippen molar-refractivity contribution >= 4 is 18.0 Å². The molecule has 0 bridgehead atoms. The van der Waals surface area contributed by atoms with E-state index in [0.717, 1.165) is 49.5 Å². The molecule has 32 heavy (non-hydrogen) atoms. The summed E-state index contributed by atoms with van der Waals surface area (Å²) in [6.07, 6.45) is 8.80. The number of amides is 1. The molecule has 0 aromatic heterocycles. The summed E-state index contributed by atoms with van der Waals surface area (Å²) >= 11 is 0. The van der Waals surface area contributed by atoms with Gasteiger partial charge in [0.2, 0.25) is 5.91 Å². The van der Waals surface area contributed by atoms with E-state index in [1.165, 1.54) is 0 Å². The van der Waals surface area contributed by atoms with E-state index in [0.29, 0.717) is 25.3 Å². The molecular weight excluding hydrogens is 398 g/mol. The van der Waals surface area contributed by atoms with Gasteiger partial charge in [0.05, 0.1) is 0 Å². The van der Waals surface area contributed by atoms with Crippen LogP contribution in [0.25, 0.3) is 0 Å². The zero-order valence-corrected chi connectivity index (χ0v) is 20.2. The van der Waals surface area contributed by atoms with E-state index in [9.17, 15) is 14.4 Å². The summed E-state index contributed by atoms with van der Waals surface area (Å²) in [5.74, 6) is 0.801. The number of Topliss-reactive ketones (excluding diaryl/α,β-unsaturated/α-hetero) is 1. The quantitative estimate of drug-likeness (QED) is 0.507. The fraction of sp³-hybridized carbons (Fsp3) is 0.607. The molecule has 1 fully saturated rings. The zero-order valence-electron chi connectivity index (χ0n) is 20.2. The maximum atomic E-state index is 12.9. The number of nitrogens with one attached hydrogen (secondary N) is 1. The second-order valence-electron chi connectivity index (χ2n) is 10.8. The van der Waals surface area contributed by atoms with Crippen LogP contribution in [0.3, 0.4) is 0 Å². The van der Waals surface area contributed by atoms with Crippen molar-refractivity contribution in [2.24, 2.45) is 28.6 Å². The lowest BCUT2D eigenvalue weighted by Gasteiger charge is -2.57. The molecule has 0 unspecified atom stereocenters. The number of carbonyl (C=O) groups is 3. The standard InChI is InChI=1S/C28H39NO3/c1-20(2)24(31)13-12-23-22(19-30)11-14-25-27(3,15-8-16-28(23,25)4)17-26(32)29-18-21-9-6-5-7-10-21/h5-7,9-11,19-20,23,25H,8,12-18H2,1-4H3,(H,29,32)/t23-,25-,27-,28+/m0/s1. The molecule has 4 atom stereocenters. The number of hydrogen-bond donors (Lipinski definition) is 1. The minimum atomic E-state index is -0.112. The Labute approximate surface area is 193 Å². The Morgan fingerprint density at radius 2 is 1.88 bits per heavy atom. The SMILES string of the molecule is CC(C)C(=O)CC[C@H]1C(C=O)=CC[C@H]2[C@](C)(CC(=O)NCc3ccccc3)CCC[C@]12C. The first kappa shape index (κ1) is 24.4. The number of aldehydes is 1. The van der Waals surface area contributed by atoms with E-state index in [-0.39, 0.29) is 34.4 Å². The van der Waals surface area contributed by atoms with Gasteiger partial charge in [-0.25, -0.2) is 0 Å². The zero-order chi connectivity index (χ0) is 23.4. The molecule has 4 heteroatoms. The highest BCUT2D eigenvalue weighted by molar-refractivity contribution is 5.81. The lowest BCUT2D eigenvalue weighted by atomic mass is 9.47. The first-order valence-electron chi connectivity index (χ1n) is 12.2. The summed E-state index contributed by atoms with van der Waals surface area (Å²) in [5, 5.41) is 3.11. The van der Waals surface area contributed by atoms with Gasteiger partial charge in [0, 0.05) is 25.3 Å². The summed E-state index contributed by atoms with van der Waals surface area (Å²) < 4.78 is 0.